The fourth-order valence-electron chi connectivity index (χ4n) is 3.90. The zero-order valence-electron chi connectivity index (χ0n) is 20.4. The Morgan fingerprint density at radius 1 is 0.677 bits per heavy atom. The van der Waals surface area contributed by atoms with Gasteiger partial charge in [-0.15, -0.1) is 0 Å². The number of hydrogen-bond donors (Lipinski definition) is 0. The molecule has 0 N–H and O–H groups in total. The van der Waals surface area contributed by atoms with E-state index in [4.69, 9.17) is 0 Å². The number of benzene rings is 2. The Balaban J connectivity index is 2.63. The van der Waals surface area contributed by atoms with Gasteiger partial charge in [0, 0.05) is 0 Å². The quantitative estimate of drug-likeness (QED) is 0.442. The van der Waals surface area contributed by atoms with E-state index >= 15 is 0 Å². The van der Waals surface area contributed by atoms with E-state index in [1.54, 1.807) is 12.1 Å². The highest BCUT2D eigenvalue weighted by Gasteiger charge is 2.25. The first-order chi connectivity index (χ1) is 14.3. The third-order valence-electron chi connectivity index (χ3n) is 5.54. The van der Waals surface area contributed by atoms with Crippen molar-refractivity contribution in [1.29, 1.82) is 0 Å². The molecule has 0 bridgehead atoms. The summed E-state index contributed by atoms with van der Waals surface area (Å²) in [6.45, 7) is 16.9. The maximum atomic E-state index is 13.6. The minimum Gasteiger partial charge on any atom is -0.219 e. The van der Waals surface area contributed by atoms with Crippen molar-refractivity contribution in [3.05, 3.63) is 83.0 Å². The topological polar surface area (TPSA) is 34.1 Å². The number of rotatable bonds is 6. The van der Waals surface area contributed by atoms with Crippen molar-refractivity contribution in [1.82, 2.24) is 0 Å². The lowest BCUT2D eigenvalue weighted by molar-refractivity contribution is 0.579. The van der Waals surface area contributed by atoms with Crippen LogP contribution in [0.5, 0.6) is 0 Å². The Bertz CT molecular complexity index is 991. The molecule has 2 aromatic carbocycles. The van der Waals surface area contributed by atoms with E-state index in [1.165, 1.54) is 11.1 Å². The molecule has 0 aliphatic carbocycles. The van der Waals surface area contributed by atoms with Crippen molar-refractivity contribution >= 4 is 9.84 Å². The van der Waals surface area contributed by atoms with Crippen LogP contribution in [-0.4, -0.2) is 8.42 Å². The molecule has 2 rings (SSSR count). The summed E-state index contributed by atoms with van der Waals surface area (Å²) in [6, 6.07) is 11.2. The van der Waals surface area contributed by atoms with E-state index in [-0.39, 0.29) is 10.8 Å². The zero-order chi connectivity index (χ0) is 23.4. The summed E-state index contributed by atoms with van der Waals surface area (Å²) in [5, 5.41) is 0. The van der Waals surface area contributed by atoms with Crippen molar-refractivity contribution in [3.63, 3.8) is 0 Å². The van der Waals surface area contributed by atoms with Gasteiger partial charge < -0.3 is 0 Å². The molecule has 0 aliphatic rings. The van der Waals surface area contributed by atoms with E-state index in [0.717, 1.165) is 24.0 Å². The molecule has 0 amide bonds. The van der Waals surface area contributed by atoms with Gasteiger partial charge >= 0.3 is 0 Å². The third-order valence-corrected chi connectivity index (χ3v) is 7.29. The molecule has 0 spiro atoms. The highest BCUT2D eigenvalue weighted by atomic mass is 32.2. The van der Waals surface area contributed by atoms with Crippen LogP contribution >= 0.6 is 0 Å². The molecule has 2 aromatic rings. The molecule has 2 nitrogen and oxygen atoms in total. The highest BCUT2D eigenvalue weighted by molar-refractivity contribution is 7.91. The lowest BCUT2D eigenvalue weighted by Crippen LogP contribution is -2.16. The standard InChI is InChI=1S/C28H38O2S/c1-9-11-13-21-19-23(15-17-25(21)27(3,4)5)31(29,30)24-16-18-26(28(6,7)8)22(20-24)14-12-10-2/h9-12,15-20H,13-14H2,1-8H3. The highest BCUT2D eigenvalue weighted by Crippen LogP contribution is 2.33. The molecule has 0 heterocycles. The molecule has 3 heteroatoms. The Kier molecular flexibility index (Phi) is 7.75. The lowest BCUT2D eigenvalue weighted by atomic mass is 9.83. The van der Waals surface area contributed by atoms with E-state index in [2.05, 4.69) is 53.7 Å². The smallest absolute Gasteiger partial charge is 0.206 e. The Labute approximate surface area is 190 Å². The van der Waals surface area contributed by atoms with E-state index in [0.29, 0.717) is 9.79 Å². The van der Waals surface area contributed by atoms with Gasteiger partial charge in [0.25, 0.3) is 0 Å². The molecular formula is C28H38O2S. The van der Waals surface area contributed by atoms with Crippen LogP contribution < -0.4 is 0 Å². The van der Waals surface area contributed by atoms with Gasteiger partial charge in [-0.1, -0.05) is 78.0 Å². The second-order valence-electron chi connectivity index (χ2n) is 10.2. The van der Waals surface area contributed by atoms with Crippen LogP contribution in [0.25, 0.3) is 0 Å². The molecule has 0 unspecified atom stereocenters. The minimum absolute atomic E-state index is 0.0484. The molecule has 168 valence electrons. The van der Waals surface area contributed by atoms with Crippen molar-refractivity contribution in [3.8, 4) is 0 Å². The van der Waals surface area contributed by atoms with Crippen LogP contribution in [0.1, 0.15) is 77.6 Å². The maximum absolute atomic E-state index is 13.6. The maximum Gasteiger partial charge on any atom is 0.206 e. The molecule has 0 saturated carbocycles. The molecule has 0 aliphatic heterocycles. The number of hydrogen-bond acceptors (Lipinski definition) is 2. The number of sulfone groups is 1. The molecule has 0 saturated heterocycles. The first kappa shape index (κ1) is 25.1. The molecule has 0 atom stereocenters. The van der Waals surface area contributed by atoms with Crippen molar-refractivity contribution in [2.45, 2.75) is 88.9 Å². The van der Waals surface area contributed by atoms with Gasteiger partial charge in [-0.3, -0.25) is 0 Å². The van der Waals surface area contributed by atoms with E-state index < -0.39 is 9.84 Å². The second-order valence-corrected chi connectivity index (χ2v) is 12.1. The van der Waals surface area contributed by atoms with Gasteiger partial charge in [-0.25, -0.2) is 8.42 Å². The van der Waals surface area contributed by atoms with Crippen LogP contribution in [0.2, 0.25) is 0 Å². The Morgan fingerprint density at radius 3 is 1.32 bits per heavy atom. The van der Waals surface area contributed by atoms with Gasteiger partial charge in [-0.05, 0) is 84.0 Å². The average molecular weight is 439 g/mol. The fraction of sp³-hybridized carbons (Fsp3) is 0.429. The van der Waals surface area contributed by atoms with Crippen LogP contribution in [-0.2, 0) is 33.5 Å². The molecule has 0 aromatic heterocycles. The summed E-state index contributed by atoms with van der Waals surface area (Å²) in [4.78, 5) is 0.723. The van der Waals surface area contributed by atoms with Gasteiger partial charge in [0.05, 0.1) is 9.79 Å². The van der Waals surface area contributed by atoms with Crippen LogP contribution in [0.15, 0.2) is 70.5 Å². The molecule has 0 fully saturated rings. The van der Waals surface area contributed by atoms with Gasteiger partial charge in [-0.2, -0.15) is 0 Å². The van der Waals surface area contributed by atoms with E-state index in [1.807, 2.05) is 50.3 Å². The monoisotopic (exact) mass is 438 g/mol. The molecular weight excluding hydrogens is 400 g/mol. The SMILES string of the molecule is CC=CCc1cc(S(=O)(=O)c2ccc(C(C)(C)C)c(CC=CC)c2)ccc1C(C)(C)C. The Hall–Kier alpha value is -2.13. The second kappa shape index (κ2) is 9.56. The average Bonchev–Trinajstić information content (AvgIpc) is 2.68. The summed E-state index contributed by atoms with van der Waals surface area (Å²) in [5.74, 6) is 0. The summed E-state index contributed by atoms with van der Waals surface area (Å²) < 4.78 is 27.1. The lowest BCUT2D eigenvalue weighted by Gasteiger charge is -2.24. The molecule has 31 heavy (non-hydrogen) atoms. The normalized spacial score (nSPS) is 13.4. The minimum atomic E-state index is -3.61. The van der Waals surface area contributed by atoms with Crippen LogP contribution in [0, 0.1) is 0 Å². The van der Waals surface area contributed by atoms with E-state index in [9.17, 15) is 8.42 Å². The van der Waals surface area contributed by atoms with Gasteiger partial charge in [0.15, 0.2) is 0 Å². The summed E-state index contributed by atoms with van der Waals surface area (Å²) in [7, 11) is -3.61. The fourth-order valence-corrected chi connectivity index (χ4v) is 5.26. The van der Waals surface area contributed by atoms with Crippen LogP contribution in [0.3, 0.4) is 0 Å². The predicted octanol–water partition coefficient (Wildman–Crippen LogP) is 7.35. The summed E-state index contributed by atoms with van der Waals surface area (Å²) in [5.41, 5.74) is 4.39. The first-order valence-corrected chi connectivity index (χ1v) is 12.5. The zero-order valence-corrected chi connectivity index (χ0v) is 21.2. The molecule has 0 radical (unpaired) electrons. The number of allylic oxidation sites excluding steroid dienone is 4. The first-order valence-electron chi connectivity index (χ1n) is 11.1. The van der Waals surface area contributed by atoms with Crippen LogP contribution in [0.4, 0.5) is 0 Å². The predicted molar refractivity (Wildman–Crippen MR) is 133 cm³/mol. The summed E-state index contributed by atoms with van der Waals surface area (Å²) >= 11 is 0. The van der Waals surface area contributed by atoms with Gasteiger partial charge in [0.1, 0.15) is 0 Å². The largest absolute Gasteiger partial charge is 0.219 e. The third kappa shape index (κ3) is 5.98. The van der Waals surface area contributed by atoms with Crippen molar-refractivity contribution in [2.24, 2.45) is 0 Å². The van der Waals surface area contributed by atoms with Crippen molar-refractivity contribution < 1.29 is 8.42 Å². The summed E-state index contributed by atoms with van der Waals surface area (Å²) in [6.07, 6.45) is 9.62. The Morgan fingerprint density at radius 2 is 1.03 bits per heavy atom. The van der Waals surface area contributed by atoms with Crippen molar-refractivity contribution in [2.75, 3.05) is 0 Å². The van der Waals surface area contributed by atoms with Gasteiger partial charge in [0.2, 0.25) is 9.84 Å².